The van der Waals surface area contributed by atoms with Crippen LogP contribution < -0.4 is 10.1 Å². The summed E-state index contributed by atoms with van der Waals surface area (Å²) in [5.41, 5.74) is 3.83. The normalized spacial score (nSPS) is 10.5. The quantitative estimate of drug-likeness (QED) is 0.396. The highest BCUT2D eigenvalue weighted by molar-refractivity contribution is 6.32. The lowest BCUT2D eigenvalue weighted by Crippen LogP contribution is -2.20. The van der Waals surface area contributed by atoms with E-state index in [1.807, 2.05) is 43.3 Å². The molecule has 7 heteroatoms. The molecule has 6 nitrogen and oxygen atoms in total. The highest BCUT2D eigenvalue weighted by Gasteiger charge is 2.07. The van der Waals surface area contributed by atoms with Gasteiger partial charge in [-0.25, -0.2) is 0 Å². The molecule has 0 aliphatic rings. The van der Waals surface area contributed by atoms with Gasteiger partial charge in [-0.1, -0.05) is 52.7 Å². The Labute approximate surface area is 185 Å². The van der Waals surface area contributed by atoms with Gasteiger partial charge < -0.3 is 14.9 Å². The van der Waals surface area contributed by atoms with Crippen molar-refractivity contribution in [3.05, 3.63) is 94.0 Å². The van der Waals surface area contributed by atoms with Gasteiger partial charge in [-0.15, -0.1) is 0 Å². The Morgan fingerprint density at radius 1 is 1.16 bits per heavy atom. The molecule has 0 saturated carbocycles. The molecule has 0 fully saturated rings. The first-order valence-corrected chi connectivity index (χ1v) is 9.85. The lowest BCUT2D eigenvalue weighted by molar-refractivity contribution is -0.118. The molecule has 0 unspecified atom stereocenters. The number of aryl methyl sites for hydroxylation is 1. The Hall–Kier alpha value is -3.82. The molecule has 0 heterocycles. The van der Waals surface area contributed by atoms with Gasteiger partial charge in [0.05, 0.1) is 22.9 Å². The number of nitrogens with one attached hydrogen (secondary N) is 1. The van der Waals surface area contributed by atoms with E-state index in [9.17, 15) is 4.79 Å². The number of benzene rings is 3. The minimum Gasteiger partial charge on any atom is -0.482 e. The summed E-state index contributed by atoms with van der Waals surface area (Å²) in [7, 11) is 0. The summed E-state index contributed by atoms with van der Waals surface area (Å²) < 4.78 is 5.51. The Balaban J connectivity index is 1.50. The maximum absolute atomic E-state index is 12.0. The molecule has 1 amide bonds. The molecule has 0 saturated heterocycles. The van der Waals surface area contributed by atoms with E-state index in [1.165, 1.54) is 6.21 Å². The van der Waals surface area contributed by atoms with Crippen molar-refractivity contribution < 1.29 is 14.4 Å². The summed E-state index contributed by atoms with van der Waals surface area (Å²) >= 11 is 6.24. The Kier molecular flexibility index (Phi) is 7.63. The summed E-state index contributed by atoms with van der Waals surface area (Å²) in [5.74, 6) is 0.110. The number of ether oxygens (including phenoxy) is 1. The molecule has 3 rings (SSSR count). The lowest BCUT2D eigenvalue weighted by atomic mass is 10.1. The van der Waals surface area contributed by atoms with E-state index in [2.05, 4.69) is 16.5 Å². The van der Waals surface area contributed by atoms with E-state index in [-0.39, 0.29) is 19.1 Å². The van der Waals surface area contributed by atoms with Crippen molar-refractivity contribution in [3.63, 3.8) is 0 Å². The molecular formula is C24H20ClN3O3. The second kappa shape index (κ2) is 10.8. The van der Waals surface area contributed by atoms with Gasteiger partial charge in [0.25, 0.3) is 5.91 Å². The molecular weight excluding hydrogens is 414 g/mol. The first-order chi connectivity index (χ1) is 15.0. The van der Waals surface area contributed by atoms with Crippen molar-refractivity contribution in [2.24, 2.45) is 5.16 Å². The van der Waals surface area contributed by atoms with Crippen LogP contribution in [0.3, 0.4) is 0 Å². The molecule has 0 aliphatic heterocycles. The average Bonchev–Trinajstić information content (AvgIpc) is 2.78. The highest BCUT2D eigenvalue weighted by atomic mass is 35.5. The molecule has 0 radical (unpaired) electrons. The number of hydrogen-bond donors (Lipinski definition) is 1. The van der Waals surface area contributed by atoms with Gasteiger partial charge in [0, 0.05) is 11.3 Å². The fraction of sp³-hybridized carbons (Fsp3) is 0.125. The van der Waals surface area contributed by atoms with E-state index in [0.717, 1.165) is 11.1 Å². The van der Waals surface area contributed by atoms with Crippen LogP contribution >= 0.6 is 11.6 Å². The fourth-order valence-electron chi connectivity index (χ4n) is 2.65. The summed E-state index contributed by atoms with van der Waals surface area (Å²) in [6, 6.07) is 21.8. The first kappa shape index (κ1) is 21.9. The van der Waals surface area contributed by atoms with Crippen LogP contribution in [0.4, 0.5) is 5.69 Å². The van der Waals surface area contributed by atoms with Crippen molar-refractivity contribution in [2.45, 2.75) is 13.5 Å². The Bertz CT molecular complexity index is 1120. The monoisotopic (exact) mass is 433 g/mol. The Morgan fingerprint density at radius 3 is 2.68 bits per heavy atom. The largest absolute Gasteiger partial charge is 0.482 e. The molecule has 156 valence electrons. The molecule has 0 bridgehead atoms. The predicted octanol–water partition coefficient (Wildman–Crippen LogP) is 5.09. The zero-order chi connectivity index (χ0) is 22.1. The van der Waals surface area contributed by atoms with Gasteiger partial charge >= 0.3 is 0 Å². The predicted molar refractivity (Wildman–Crippen MR) is 120 cm³/mol. The summed E-state index contributed by atoms with van der Waals surface area (Å²) in [6.45, 7) is 2.00. The molecule has 3 aromatic carbocycles. The van der Waals surface area contributed by atoms with Gasteiger partial charge in [0.2, 0.25) is 0 Å². The molecule has 0 aliphatic carbocycles. The van der Waals surface area contributed by atoms with Crippen LogP contribution in [0.2, 0.25) is 5.02 Å². The highest BCUT2D eigenvalue weighted by Crippen LogP contribution is 2.25. The third kappa shape index (κ3) is 6.59. The molecule has 31 heavy (non-hydrogen) atoms. The average molecular weight is 434 g/mol. The number of nitrogens with zero attached hydrogens (tertiary/aromatic N) is 2. The number of carbonyl (C=O) groups excluding carboxylic acids is 1. The van der Waals surface area contributed by atoms with Gasteiger partial charge in [0.1, 0.15) is 12.4 Å². The number of rotatable bonds is 8. The third-order valence-corrected chi connectivity index (χ3v) is 4.58. The van der Waals surface area contributed by atoms with E-state index < -0.39 is 0 Å². The number of nitriles is 1. The number of anilines is 1. The van der Waals surface area contributed by atoms with Crippen LogP contribution in [0, 0.1) is 18.3 Å². The maximum Gasteiger partial charge on any atom is 0.262 e. The first-order valence-electron chi connectivity index (χ1n) is 9.47. The number of carbonyl (C=O) groups is 1. The standard InChI is InChI=1S/C24H20ClN3O3/c1-17-6-9-21(10-7-17)28-24(29)16-30-23-11-8-18(12-22(23)25)14-27-31-15-20-5-3-2-4-19(20)13-26/h2-12,14H,15-16H2,1H3,(H,28,29)/b27-14-. The molecule has 0 spiro atoms. The van der Waals surface area contributed by atoms with Gasteiger partial charge in [-0.05, 0) is 48.9 Å². The topological polar surface area (TPSA) is 83.7 Å². The van der Waals surface area contributed by atoms with E-state index >= 15 is 0 Å². The number of amides is 1. The minimum atomic E-state index is -0.281. The van der Waals surface area contributed by atoms with Crippen LogP contribution in [-0.2, 0) is 16.2 Å². The summed E-state index contributed by atoms with van der Waals surface area (Å²) in [4.78, 5) is 17.3. The van der Waals surface area contributed by atoms with Gasteiger partial charge in [-0.2, -0.15) is 5.26 Å². The fourth-order valence-corrected chi connectivity index (χ4v) is 2.90. The lowest BCUT2D eigenvalue weighted by Gasteiger charge is -2.09. The third-order valence-electron chi connectivity index (χ3n) is 4.28. The zero-order valence-corrected chi connectivity index (χ0v) is 17.6. The van der Waals surface area contributed by atoms with Crippen molar-refractivity contribution >= 4 is 29.4 Å². The van der Waals surface area contributed by atoms with Gasteiger partial charge in [0.15, 0.2) is 6.61 Å². The zero-order valence-electron chi connectivity index (χ0n) is 16.8. The van der Waals surface area contributed by atoms with Gasteiger partial charge in [-0.3, -0.25) is 4.79 Å². The van der Waals surface area contributed by atoms with E-state index in [4.69, 9.17) is 26.4 Å². The SMILES string of the molecule is Cc1ccc(NC(=O)COc2ccc(/C=N\OCc3ccccc3C#N)cc2Cl)cc1. The van der Waals surface area contributed by atoms with Crippen LogP contribution in [-0.4, -0.2) is 18.7 Å². The second-order valence-corrected chi connectivity index (χ2v) is 7.08. The molecule has 0 atom stereocenters. The van der Waals surface area contributed by atoms with Crippen molar-refractivity contribution in [1.29, 1.82) is 5.26 Å². The van der Waals surface area contributed by atoms with Crippen LogP contribution in [0.25, 0.3) is 0 Å². The Morgan fingerprint density at radius 2 is 1.94 bits per heavy atom. The van der Waals surface area contributed by atoms with Crippen LogP contribution in [0.5, 0.6) is 5.75 Å². The number of hydrogen-bond acceptors (Lipinski definition) is 5. The van der Waals surface area contributed by atoms with Crippen molar-refractivity contribution in [2.75, 3.05) is 11.9 Å². The summed E-state index contributed by atoms with van der Waals surface area (Å²) in [5, 5.41) is 16.1. The van der Waals surface area contributed by atoms with E-state index in [0.29, 0.717) is 27.6 Å². The molecule has 3 aromatic rings. The van der Waals surface area contributed by atoms with Crippen molar-refractivity contribution in [1.82, 2.24) is 0 Å². The minimum absolute atomic E-state index is 0.164. The molecule has 1 N–H and O–H groups in total. The van der Waals surface area contributed by atoms with Crippen LogP contribution in [0.1, 0.15) is 22.3 Å². The van der Waals surface area contributed by atoms with E-state index in [1.54, 1.807) is 30.3 Å². The van der Waals surface area contributed by atoms with Crippen LogP contribution in [0.15, 0.2) is 71.9 Å². The van der Waals surface area contributed by atoms with Crippen molar-refractivity contribution in [3.8, 4) is 11.8 Å². The molecule has 0 aromatic heterocycles. The maximum atomic E-state index is 12.0. The smallest absolute Gasteiger partial charge is 0.262 e. The number of oxime groups is 1. The number of halogens is 1. The second-order valence-electron chi connectivity index (χ2n) is 6.67. The summed E-state index contributed by atoms with van der Waals surface area (Å²) in [6.07, 6.45) is 1.51.